The molecule has 6 heteroatoms. The highest BCUT2D eigenvalue weighted by molar-refractivity contribution is 5.88. The summed E-state index contributed by atoms with van der Waals surface area (Å²) in [5.41, 5.74) is 2.70. The number of carbonyl (C=O) groups is 2. The standard InChI is InChI=1S/C19H21N3O3.C2H6.CH4/c1-2-25-19(24)16-8-20-22(12-16)10-14-5-3-13(4-6-14)9-21-11-15-7-17(15)18(21)23;1-2;/h3-6,8,12,15,17H,2,7,9-11H2,1H3;1-2H3;1H4. The number of fused-ring (bicyclic) bond motifs is 1. The highest BCUT2D eigenvalue weighted by Crippen LogP contribution is 2.46. The quantitative estimate of drug-likeness (QED) is 0.711. The van der Waals surface area contributed by atoms with Crippen LogP contribution in [-0.2, 0) is 22.6 Å². The minimum atomic E-state index is -0.350. The minimum absolute atomic E-state index is 0. The maximum atomic E-state index is 12.0. The van der Waals surface area contributed by atoms with Gasteiger partial charge in [0.05, 0.1) is 24.9 Å². The van der Waals surface area contributed by atoms with E-state index in [4.69, 9.17) is 4.74 Å². The molecule has 152 valence electrons. The van der Waals surface area contributed by atoms with Crippen molar-refractivity contribution < 1.29 is 14.3 Å². The molecule has 6 nitrogen and oxygen atoms in total. The monoisotopic (exact) mass is 385 g/mol. The molecule has 2 atom stereocenters. The molecule has 1 saturated carbocycles. The van der Waals surface area contributed by atoms with Gasteiger partial charge in [-0.3, -0.25) is 9.48 Å². The molecule has 2 unspecified atom stereocenters. The third-order valence-corrected chi connectivity index (χ3v) is 4.89. The average Bonchev–Trinajstić information content (AvgIpc) is 3.18. The number of nitrogens with zero attached hydrogens (tertiary/aromatic N) is 3. The molecule has 1 aromatic carbocycles. The molecule has 2 aromatic rings. The maximum absolute atomic E-state index is 12.0. The molecule has 28 heavy (non-hydrogen) atoms. The molecule has 0 radical (unpaired) electrons. The Morgan fingerprint density at radius 1 is 1.18 bits per heavy atom. The van der Waals surface area contributed by atoms with Crippen LogP contribution in [0.2, 0.25) is 0 Å². The van der Waals surface area contributed by atoms with E-state index in [0.717, 1.165) is 24.1 Å². The molecule has 1 aromatic heterocycles. The van der Waals surface area contributed by atoms with Gasteiger partial charge in [0.15, 0.2) is 0 Å². The lowest BCUT2D eigenvalue weighted by Gasteiger charge is -2.18. The number of piperidine rings is 1. The van der Waals surface area contributed by atoms with Gasteiger partial charge in [0.1, 0.15) is 0 Å². The zero-order chi connectivity index (χ0) is 19.4. The van der Waals surface area contributed by atoms with Gasteiger partial charge in [0.25, 0.3) is 0 Å². The fourth-order valence-electron chi connectivity index (χ4n) is 3.43. The number of aromatic nitrogens is 2. The topological polar surface area (TPSA) is 64.4 Å². The van der Waals surface area contributed by atoms with E-state index in [1.54, 1.807) is 17.8 Å². The molecule has 0 N–H and O–H groups in total. The molecule has 2 heterocycles. The number of hydrogen-bond donors (Lipinski definition) is 0. The molecule has 1 amide bonds. The molecule has 1 aliphatic heterocycles. The Morgan fingerprint density at radius 2 is 1.82 bits per heavy atom. The Morgan fingerprint density at radius 3 is 2.39 bits per heavy atom. The van der Waals surface area contributed by atoms with Gasteiger partial charge in [-0.25, -0.2) is 4.79 Å². The summed E-state index contributed by atoms with van der Waals surface area (Å²) < 4.78 is 6.69. The number of carbonyl (C=O) groups excluding carboxylic acids is 2. The SMILES string of the molecule is C.CC.CCOC(=O)c1cnn(Cc2ccc(CN3CC4CC4C3=O)cc2)c1. The van der Waals surface area contributed by atoms with E-state index in [9.17, 15) is 9.59 Å². The summed E-state index contributed by atoms with van der Waals surface area (Å²) in [7, 11) is 0. The second-order valence-corrected chi connectivity index (χ2v) is 6.78. The van der Waals surface area contributed by atoms with Gasteiger partial charge in [0.2, 0.25) is 5.91 Å². The lowest BCUT2D eigenvalue weighted by molar-refractivity contribution is -0.130. The molecule has 1 aliphatic carbocycles. The molecule has 0 bridgehead atoms. The van der Waals surface area contributed by atoms with Crippen LogP contribution < -0.4 is 0 Å². The van der Waals surface area contributed by atoms with E-state index in [2.05, 4.69) is 17.2 Å². The Bertz CT molecular complexity index is 798. The van der Waals surface area contributed by atoms with Crippen LogP contribution in [0.4, 0.5) is 0 Å². The molecule has 2 aliphatic rings. The summed E-state index contributed by atoms with van der Waals surface area (Å²) in [4.78, 5) is 25.7. The summed E-state index contributed by atoms with van der Waals surface area (Å²) in [6.45, 7) is 8.33. The van der Waals surface area contributed by atoms with E-state index >= 15 is 0 Å². The van der Waals surface area contributed by atoms with Crippen LogP contribution in [0.15, 0.2) is 36.7 Å². The van der Waals surface area contributed by atoms with Gasteiger partial charge in [0, 0.05) is 25.2 Å². The van der Waals surface area contributed by atoms with Crippen LogP contribution >= 0.6 is 0 Å². The lowest BCUT2D eigenvalue weighted by Crippen LogP contribution is -2.27. The predicted molar refractivity (Wildman–Crippen MR) is 109 cm³/mol. The highest BCUT2D eigenvalue weighted by atomic mass is 16.5. The second kappa shape index (κ2) is 9.53. The lowest BCUT2D eigenvalue weighted by atomic mass is 10.1. The summed E-state index contributed by atoms with van der Waals surface area (Å²) in [5.74, 6) is 0.891. The molecular formula is C22H31N3O3. The van der Waals surface area contributed by atoms with Crippen LogP contribution in [0.1, 0.15) is 56.1 Å². The number of esters is 1. The van der Waals surface area contributed by atoms with Crippen LogP contribution in [0, 0.1) is 11.8 Å². The molecular weight excluding hydrogens is 354 g/mol. The smallest absolute Gasteiger partial charge is 0.341 e. The Kier molecular flexibility index (Phi) is 7.38. The minimum Gasteiger partial charge on any atom is -0.462 e. The maximum Gasteiger partial charge on any atom is 0.341 e. The third-order valence-electron chi connectivity index (χ3n) is 4.89. The largest absolute Gasteiger partial charge is 0.462 e. The van der Waals surface area contributed by atoms with Crippen LogP contribution in [0.25, 0.3) is 0 Å². The number of amides is 1. The Balaban J connectivity index is 0.000000906. The first-order valence-electron chi connectivity index (χ1n) is 9.70. The normalized spacial score (nSPS) is 19.2. The van der Waals surface area contributed by atoms with Gasteiger partial charge < -0.3 is 9.64 Å². The number of rotatable bonds is 6. The first-order valence-corrected chi connectivity index (χ1v) is 9.70. The fraction of sp³-hybridized carbons (Fsp3) is 0.500. The molecule has 1 saturated heterocycles. The zero-order valence-corrected chi connectivity index (χ0v) is 16.2. The van der Waals surface area contributed by atoms with Crippen LogP contribution in [0.3, 0.4) is 0 Å². The summed E-state index contributed by atoms with van der Waals surface area (Å²) in [6, 6.07) is 8.20. The van der Waals surface area contributed by atoms with Crippen molar-refractivity contribution in [2.45, 2.75) is 47.7 Å². The fourth-order valence-corrected chi connectivity index (χ4v) is 3.43. The van der Waals surface area contributed by atoms with Gasteiger partial charge in [-0.1, -0.05) is 45.5 Å². The van der Waals surface area contributed by atoms with E-state index in [1.165, 1.54) is 6.20 Å². The Hall–Kier alpha value is -2.63. The first-order chi connectivity index (χ1) is 13.1. The first kappa shape index (κ1) is 21.7. The van der Waals surface area contributed by atoms with Crippen molar-refractivity contribution in [3.8, 4) is 0 Å². The second-order valence-electron chi connectivity index (χ2n) is 6.78. The predicted octanol–water partition coefficient (Wildman–Crippen LogP) is 3.75. The highest BCUT2D eigenvalue weighted by Gasteiger charge is 2.51. The van der Waals surface area contributed by atoms with Crippen molar-refractivity contribution in [2.75, 3.05) is 13.2 Å². The number of likely N-dealkylation sites (tertiary alicyclic amines) is 1. The van der Waals surface area contributed by atoms with Crippen molar-refractivity contribution in [3.05, 3.63) is 53.3 Å². The molecule has 4 rings (SSSR count). The summed E-state index contributed by atoms with van der Waals surface area (Å²) in [5, 5.41) is 4.21. The summed E-state index contributed by atoms with van der Waals surface area (Å²) in [6.07, 6.45) is 4.31. The van der Waals surface area contributed by atoms with E-state index < -0.39 is 0 Å². The average molecular weight is 386 g/mol. The third kappa shape index (κ3) is 4.80. The number of benzene rings is 1. The van der Waals surface area contributed by atoms with Crippen molar-refractivity contribution in [3.63, 3.8) is 0 Å². The van der Waals surface area contributed by atoms with Crippen molar-refractivity contribution >= 4 is 11.9 Å². The number of ether oxygens (including phenoxy) is 1. The van der Waals surface area contributed by atoms with Crippen LogP contribution in [0.5, 0.6) is 0 Å². The summed E-state index contributed by atoms with van der Waals surface area (Å²) >= 11 is 0. The van der Waals surface area contributed by atoms with Gasteiger partial charge in [-0.15, -0.1) is 0 Å². The zero-order valence-electron chi connectivity index (χ0n) is 16.2. The van der Waals surface area contributed by atoms with E-state index in [0.29, 0.717) is 43.0 Å². The number of hydrogen-bond acceptors (Lipinski definition) is 4. The van der Waals surface area contributed by atoms with Crippen molar-refractivity contribution in [2.24, 2.45) is 11.8 Å². The van der Waals surface area contributed by atoms with Gasteiger partial charge in [-0.2, -0.15) is 5.10 Å². The van der Waals surface area contributed by atoms with Crippen LogP contribution in [-0.4, -0.2) is 39.7 Å². The van der Waals surface area contributed by atoms with E-state index in [1.807, 2.05) is 30.9 Å². The van der Waals surface area contributed by atoms with E-state index in [-0.39, 0.29) is 13.4 Å². The molecule has 2 fully saturated rings. The van der Waals surface area contributed by atoms with Gasteiger partial charge in [-0.05, 0) is 30.4 Å². The molecule has 0 spiro atoms. The van der Waals surface area contributed by atoms with Crippen molar-refractivity contribution in [1.29, 1.82) is 0 Å². The van der Waals surface area contributed by atoms with Gasteiger partial charge >= 0.3 is 5.97 Å². The Labute approximate surface area is 167 Å². The van der Waals surface area contributed by atoms with Crippen molar-refractivity contribution in [1.82, 2.24) is 14.7 Å².